The highest BCUT2D eigenvalue weighted by molar-refractivity contribution is 6.42. The summed E-state index contributed by atoms with van der Waals surface area (Å²) in [5, 5.41) is 20.6. The third-order valence-electron chi connectivity index (χ3n) is 2.90. The molecule has 0 fully saturated rings. The minimum absolute atomic E-state index is 0.0410. The Morgan fingerprint density at radius 3 is 2.52 bits per heavy atom. The van der Waals surface area contributed by atoms with E-state index >= 15 is 0 Å². The topological polar surface area (TPSA) is 112 Å². The largest absolute Gasteiger partial charge is 0.480 e. The van der Waals surface area contributed by atoms with Crippen LogP contribution in [0.5, 0.6) is 0 Å². The number of carboxylic acid groups (broad SMARTS) is 1. The molecule has 0 radical (unpaired) electrons. The Kier molecular flexibility index (Phi) is 5.49. The number of rotatable bonds is 5. The van der Waals surface area contributed by atoms with Gasteiger partial charge in [0.05, 0.1) is 22.3 Å². The molecule has 0 saturated heterocycles. The lowest BCUT2D eigenvalue weighted by Crippen LogP contribution is -2.43. The smallest absolute Gasteiger partial charge is 0.328 e. The molecule has 9 heteroatoms. The number of nitrogens with one attached hydrogen (secondary N) is 1. The van der Waals surface area contributed by atoms with E-state index in [1.165, 1.54) is 12.4 Å². The number of halogens is 2. The Morgan fingerprint density at radius 1 is 1.17 bits per heavy atom. The summed E-state index contributed by atoms with van der Waals surface area (Å²) in [5.74, 6) is -2.09. The zero-order chi connectivity index (χ0) is 17.0. The van der Waals surface area contributed by atoms with Gasteiger partial charge < -0.3 is 15.5 Å². The maximum Gasteiger partial charge on any atom is 0.328 e. The second-order valence-electron chi connectivity index (χ2n) is 4.46. The Hall–Kier alpha value is -2.22. The standard InChI is InChI=1S/C14H11Cl2N3O4/c15-8-2-1-7(3-9(8)16)10-4-11(18-6-17-10)13(21)19-12(5-20)14(22)23/h1-4,6,12,20H,5H2,(H,19,21)(H,22,23)/t12-/m1/s1. The number of aliphatic hydroxyl groups is 1. The minimum Gasteiger partial charge on any atom is -0.480 e. The van der Waals surface area contributed by atoms with E-state index in [4.69, 9.17) is 33.4 Å². The van der Waals surface area contributed by atoms with E-state index < -0.39 is 24.5 Å². The quantitative estimate of drug-likeness (QED) is 0.751. The fraction of sp³-hybridized carbons (Fsp3) is 0.143. The summed E-state index contributed by atoms with van der Waals surface area (Å²) in [6.45, 7) is -0.730. The molecule has 0 aliphatic rings. The molecule has 0 aliphatic carbocycles. The number of nitrogens with zero attached hydrogens (tertiary/aromatic N) is 2. The third kappa shape index (κ3) is 4.16. The van der Waals surface area contributed by atoms with Gasteiger partial charge in [-0.3, -0.25) is 4.79 Å². The fourth-order valence-corrected chi connectivity index (χ4v) is 2.01. The molecule has 1 aromatic carbocycles. The van der Waals surface area contributed by atoms with Gasteiger partial charge in [-0.15, -0.1) is 0 Å². The highest BCUT2D eigenvalue weighted by atomic mass is 35.5. The van der Waals surface area contributed by atoms with Crippen molar-refractivity contribution in [2.45, 2.75) is 6.04 Å². The van der Waals surface area contributed by atoms with Crippen LogP contribution in [-0.2, 0) is 4.79 Å². The van der Waals surface area contributed by atoms with E-state index in [0.717, 1.165) is 0 Å². The van der Waals surface area contributed by atoms with Gasteiger partial charge in [-0.1, -0.05) is 29.3 Å². The Labute approximate surface area is 140 Å². The predicted octanol–water partition coefficient (Wildman–Crippen LogP) is 1.63. The van der Waals surface area contributed by atoms with Gasteiger partial charge in [-0.2, -0.15) is 0 Å². The SMILES string of the molecule is O=C(N[C@H](CO)C(=O)O)c1cc(-c2ccc(Cl)c(Cl)c2)ncn1. The lowest BCUT2D eigenvalue weighted by atomic mass is 10.1. The monoisotopic (exact) mass is 355 g/mol. The van der Waals surface area contributed by atoms with Crippen molar-refractivity contribution in [1.82, 2.24) is 15.3 Å². The van der Waals surface area contributed by atoms with Gasteiger partial charge in [0.15, 0.2) is 6.04 Å². The van der Waals surface area contributed by atoms with Gasteiger partial charge in [0, 0.05) is 5.56 Å². The molecule has 1 amide bonds. The average molecular weight is 356 g/mol. The lowest BCUT2D eigenvalue weighted by Gasteiger charge is -2.11. The molecule has 0 saturated carbocycles. The molecule has 0 aliphatic heterocycles. The van der Waals surface area contributed by atoms with E-state index in [1.807, 2.05) is 0 Å². The summed E-state index contributed by atoms with van der Waals surface area (Å²) in [4.78, 5) is 30.7. The zero-order valence-corrected chi connectivity index (χ0v) is 13.0. The highest BCUT2D eigenvalue weighted by Gasteiger charge is 2.20. The highest BCUT2D eigenvalue weighted by Crippen LogP contribution is 2.27. The summed E-state index contributed by atoms with van der Waals surface area (Å²) in [5.41, 5.74) is 0.994. The summed E-state index contributed by atoms with van der Waals surface area (Å²) in [6, 6.07) is 4.82. The third-order valence-corrected chi connectivity index (χ3v) is 3.64. The number of aliphatic carboxylic acids is 1. The maximum atomic E-state index is 12.0. The van der Waals surface area contributed by atoms with Gasteiger partial charge in [0.1, 0.15) is 12.0 Å². The van der Waals surface area contributed by atoms with Crippen LogP contribution in [0.2, 0.25) is 10.0 Å². The van der Waals surface area contributed by atoms with Crippen molar-refractivity contribution in [2.24, 2.45) is 0 Å². The first-order valence-electron chi connectivity index (χ1n) is 6.34. The zero-order valence-electron chi connectivity index (χ0n) is 11.5. The van der Waals surface area contributed by atoms with Crippen molar-refractivity contribution >= 4 is 35.1 Å². The number of aliphatic hydroxyl groups excluding tert-OH is 1. The number of aromatic nitrogens is 2. The first kappa shape index (κ1) is 17.1. The molecular formula is C14H11Cl2N3O4. The number of carbonyl (C=O) groups excluding carboxylic acids is 1. The van der Waals surface area contributed by atoms with Crippen LogP contribution in [-0.4, -0.2) is 44.7 Å². The van der Waals surface area contributed by atoms with E-state index in [2.05, 4.69) is 15.3 Å². The molecular weight excluding hydrogens is 345 g/mol. The molecule has 7 nitrogen and oxygen atoms in total. The van der Waals surface area contributed by atoms with Gasteiger partial charge in [-0.05, 0) is 18.2 Å². The molecule has 1 aromatic heterocycles. The molecule has 2 rings (SSSR count). The van der Waals surface area contributed by atoms with Crippen LogP contribution >= 0.6 is 23.2 Å². The number of amides is 1. The van der Waals surface area contributed by atoms with Crippen molar-refractivity contribution in [3.63, 3.8) is 0 Å². The van der Waals surface area contributed by atoms with Gasteiger partial charge in [-0.25, -0.2) is 14.8 Å². The molecule has 0 bridgehead atoms. The number of carbonyl (C=O) groups is 2. The summed E-state index contributed by atoms with van der Waals surface area (Å²) >= 11 is 11.8. The fourth-order valence-electron chi connectivity index (χ4n) is 1.71. The Morgan fingerprint density at radius 2 is 1.91 bits per heavy atom. The second kappa shape index (κ2) is 7.36. The van der Waals surface area contributed by atoms with E-state index in [-0.39, 0.29) is 5.69 Å². The summed E-state index contributed by atoms with van der Waals surface area (Å²) in [7, 11) is 0. The Bertz CT molecular complexity index is 755. The molecule has 0 spiro atoms. The first-order valence-corrected chi connectivity index (χ1v) is 7.10. The van der Waals surface area contributed by atoms with Crippen LogP contribution in [0.1, 0.15) is 10.5 Å². The molecule has 23 heavy (non-hydrogen) atoms. The van der Waals surface area contributed by atoms with E-state index in [1.54, 1.807) is 18.2 Å². The number of carboxylic acids is 1. The molecule has 3 N–H and O–H groups in total. The minimum atomic E-state index is -1.41. The van der Waals surface area contributed by atoms with Crippen molar-refractivity contribution in [2.75, 3.05) is 6.61 Å². The van der Waals surface area contributed by atoms with E-state index in [9.17, 15) is 9.59 Å². The Balaban J connectivity index is 2.27. The second-order valence-corrected chi connectivity index (χ2v) is 5.28. The van der Waals surface area contributed by atoms with E-state index in [0.29, 0.717) is 21.3 Å². The van der Waals surface area contributed by atoms with Crippen molar-refractivity contribution in [3.05, 3.63) is 46.3 Å². The first-order chi connectivity index (χ1) is 10.9. The van der Waals surface area contributed by atoms with Crippen molar-refractivity contribution in [1.29, 1.82) is 0 Å². The number of hydrogen-bond acceptors (Lipinski definition) is 5. The van der Waals surface area contributed by atoms with Crippen LogP contribution in [0.4, 0.5) is 0 Å². The molecule has 0 unspecified atom stereocenters. The normalized spacial score (nSPS) is 11.8. The number of benzene rings is 1. The molecule has 1 atom stereocenters. The van der Waals surface area contributed by atoms with Crippen LogP contribution in [0.25, 0.3) is 11.3 Å². The maximum absolute atomic E-state index is 12.0. The molecule has 120 valence electrons. The number of hydrogen-bond donors (Lipinski definition) is 3. The lowest BCUT2D eigenvalue weighted by molar-refractivity contribution is -0.140. The summed E-state index contributed by atoms with van der Waals surface area (Å²) < 4.78 is 0. The van der Waals surface area contributed by atoms with Crippen LogP contribution < -0.4 is 5.32 Å². The van der Waals surface area contributed by atoms with Crippen LogP contribution in [0.3, 0.4) is 0 Å². The van der Waals surface area contributed by atoms with Crippen molar-refractivity contribution in [3.8, 4) is 11.3 Å². The van der Waals surface area contributed by atoms with Gasteiger partial charge in [0.25, 0.3) is 5.91 Å². The van der Waals surface area contributed by atoms with Crippen molar-refractivity contribution < 1.29 is 19.8 Å². The van der Waals surface area contributed by atoms with Crippen LogP contribution in [0.15, 0.2) is 30.6 Å². The van der Waals surface area contributed by atoms with Gasteiger partial charge in [0.2, 0.25) is 0 Å². The predicted molar refractivity (Wildman–Crippen MR) is 83.5 cm³/mol. The summed E-state index contributed by atoms with van der Waals surface area (Å²) in [6.07, 6.45) is 1.17. The molecule has 1 heterocycles. The average Bonchev–Trinajstić information content (AvgIpc) is 2.54. The molecule has 2 aromatic rings. The van der Waals surface area contributed by atoms with Gasteiger partial charge >= 0.3 is 5.97 Å². The van der Waals surface area contributed by atoms with Crippen LogP contribution in [0, 0.1) is 0 Å².